The molecule has 5 heteroatoms. The highest BCUT2D eigenvalue weighted by Crippen LogP contribution is 2.25. The fourth-order valence-corrected chi connectivity index (χ4v) is 2.67. The Bertz CT molecular complexity index is 393. The molecule has 1 saturated heterocycles. The number of likely N-dealkylation sites (N-methyl/N-ethyl adjacent to an activating group) is 1. The Kier molecular flexibility index (Phi) is 2.64. The molecule has 0 saturated carbocycles. The first kappa shape index (κ1) is 10.8. The van der Waals surface area contributed by atoms with Crippen LogP contribution in [0.2, 0.25) is 0 Å². The number of rotatable bonds is 1. The smallest absolute Gasteiger partial charge is 0.113 e. The molecule has 0 aromatic heterocycles. The number of nitrogens with zero attached hydrogens (tertiary/aromatic N) is 2. The van der Waals surface area contributed by atoms with E-state index in [1.807, 2.05) is 6.21 Å². The van der Waals surface area contributed by atoms with Crippen molar-refractivity contribution >= 4 is 6.21 Å². The van der Waals surface area contributed by atoms with Gasteiger partial charge >= 0.3 is 0 Å². The van der Waals surface area contributed by atoms with Crippen LogP contribution in [0.3, 0.4) is 0 Å². The van der Waals surface area contributed by atoms with Gasteiger partial charge in [-0.05, 0) is 6.08 Å². The van der Waals surface area contributed by atoms with E-state index >= 15 is 0 Å². The lowest BCUT2D eigenvalue weighted by Gasteiger charge is -2.43. The van der Waals surface area contributed by atoms with Crippen LogP contribution in [0.1, 0.15) is 6.42 Å². The number of hydrogen-bond acceptors (Lipinski definition) is 4. The summed E-state index contributed by atoms with van der Waals surface area (Å²) < 4.78 is 6.54. The summed E-state index contributed by atoms with van der Waals surface area (Å²) in [6, 6.07) is 0.540. The average molecular weight is 235 g/mol. The number of hydrazine groups is 1. The van der Waals surface area contributed by atoms with Crippen molar-refractivity contribution in [2.45, 2.75) is 12.5 Å². The lowest BCUT2D eigenvalue weighted by atomic mass is 9.97. The lowest BCUT2D eigenvalue weighted by molar-refractivity contribution is -0.933. The fourth-order valence-electron chi connectivity index (χ4n) is 2.67. The monoisotopic (exact) mass is 235 g/mol. The van der Waals surface area contributed by atoms with Gasteiger partial charge in [0.1, 0.15) is 19.1 Å². The van der Waals surface area contributed by atoms with E-state index < -0.39 is 0 Å². The quantitative estimate of drug-likeness (QED) is 0.636. The molecular formula is C12H19N4O+. The van der Waals surface area contributed by atoms with Crippen LogP contribution in [0.5, 0.6) is 0 Å². The SMILES string of the molecule is C[N+]1([C@@H]2C=C3NNN=CC3=CC2)CCOCC1. The molecular weight excluding hydrogens is 216 g/mol. The number of nitrogens with one attached hydrogen (secondary N) is 2. The molecule has 1 atom stereocenters. The predicted molar refractivity (Wildman–Crippen MR) is 66.1 cm³/mol. The molecule has 0 amide bonds. The topological polar surface area (TPSA) is 45.7 Å². The van der Waals surface area contributed by atoms with Gasteiger partial charge in [0.05, 0.1) is 32.2 Å². The van der Waals surface area contributed by atoms with Gasteiger partial charge in [-0.3, -0.25) is 5.43 Å². The minimum absolute atomic E-state index is 0.540. The Morgan fingerprint density at radius 2 is 2.24 bits per heavy atom. The summed E-state index contributed by atoms with van der Waals surface area (Å²) >= 11 is 0. The summed E-state index contributed by atoms with van der Waals surface area (Å²) in [6.07, 6.45) is 7.57. The van der Waals surface area contributed by atoms with Gasteiger partial charge in [0.15, 0.2) is 0 Å². The van der Waals surface area contributed by atoms with Crippen LogP contribution in [0.4, 0.5) is 0 Å². The molecule has 0 bridgehead atoms. The van der Waals surface area contributed by atoms with E-state index in [4.69, 9.17) is 4.74 Å². The molecule has 92 valence electrons. The molecule has 0 aromatic carbocycles. The third kappa shape index (κ3) is 1.96. The normalized spacial score (nSPS) is 30.5. The molecule has 3 rings (SSSR count). The lowest BCUT2D eigenvalue weighted by Crippen LogP contribution is -2.58. The Labute approximate surface area is 101 Å². The molecule has 0 unspecified atom stereocenters. The van der Waals surface area contributed by atoms with Gasteiger partial charge in [0.2, 0.25) is 0 Å². The van der Waals surface area contributed by atoms with Crippen LogP contribution in [0.25, 0.3) is 0 Å². The third-order valence-electron chi connectivity index (χ3n) is 4.00. The van der Waals surface area contributed by atoms with Crippen LogP contribution in [-0.2, 0) is 4.74 Å². The Morgan fingerprint density at radius 1 is 1.41 bits per heavy atom. The number of quaternary nitrogens is 1. The first-order valence-corrected chi connectivity index (χ1v) is 6.16. The summed E-state index contributed by atoms with van der Waals surface area (Å²) in [5.74, 6) is 0. The van der Waals surface area contributed by atoms with Crippen LogP contribution in [-0.4, -0.2) is 50.1 Å². The van der Waals surface area contributed by atoms with Crippen molar-refractivity contribution in [3.05, 3.63) is 23.4 Å². The highest BCUT2D eigenvalue weighted by molar-refractivity contribution is 5.85. The van der Waals surface area contributed by atoms with Gasteiger partial charge in [-0.25, -0.2) is 5.53 Å². The fraction of sp³-hybridized carbons (Fsp3) is 0.583. The maximum Gasteiger partial charge on any atom is 0.113 e. The highest BCUT2D eigenvalue weighted by atomic mass is 16.5. The number of hydrogen-bond donors (Lipinski definition) is 2. The van der Waals surface area contributed by atoms with Gasteiger partial charge in [0.25, 0.3) is 0 Å². The van der Waals surface area contributed by atoms with E-state index in [2.05, 4.69) is 35.3 Å². The standard InChI is InChI=1S/C12H19N4O/c1-16(4-6-17-7-5-16)11-3-2-10-9-13-15-14-12(10)8-11/h2,8-9,11,14-15H,3-7H2,1H3/q+1/t11-/m0/s1. The van der Waals surface area contributed by atoms with Crippen molar-refractivity contribution in [1.29, 1.82) is 0 Å². The molecule has 0 aromatic rings. The van der Waals surface area contributed by atoms with Gasteiger partial charge in [-0.15, -0.1) is 0 Å². The molecule has 2 aliphatic heterocycles. The Morgan fingerprint density at radius 3 is 3.06 bits per heavy atom. The van der Waals surface area contributed by atoms with Crippen molar-refractivity contribution < 1.29 is 9.22 Å². The first-order chi connectivity index (χ1) is 8.28. The van der Waals surface area contributed by atoms with Crippen molar-refractivity contribution in [3.8, 4) is 0 Å². The molecule has 3 aliphatic rings. The van der Waals surface area contributed by atoms with Crippen molar-refractivity contribution in [2.75, 3.05) is 33.4 Å². The Balaban J connectivity index is 1.80. The van der Waals surface area contributed by atoms with Gasteiger partial charge in [-0.2, -0.15) is 5.10 Å². The van der Waals surface area contributed by atoms with Crippen LogP contribution >= 0.6 is 0 Å². The predicted octanol–water partition coefficient (Wildman–Crippen LogP) is 0.139. The van der Waals surface area contributed by atoms with Crippen LogP contribution < -0.4 is 11.0 Å². The number of hydrazone groups is 1. The van der Waals surface area contributed by atoms with E-state index in [-0.39, 0.29) is 0 Å². The summed E-state index contributed by atoms with van der Waals surface area (Å²) in [4.78, 5) is 0. The third-order valence-corrected chi connectivity index (χ3v) is 4.00. The van der Waals surface area contributed by atoms with Crippen molar-refractivity contribution in [3.63, 3.8) is 0 Å². The molecule has 1 fully saturated rings. The molecule has 2 N–H and O–H groups in total. The average Bonchev–Trinajstić information content (AvgIpc) is 2.39. The maximum absolute atomic E-state index is 5.46. The van der Waals surface area contributed by atoms with E-state index in [1.54, 1.807) is 0 Å². The van der Waals surface area contributed by atoms with Crippen LogP contribution in [0.15, 0.2) is 28.5 Å². The molecule has 1 aliphatic carbocycles. The molecule has 0 spiro atoms. The van der Waals surface area contributed by atoms with Crippen LogP contribution in [0, 0.1) is 0 Å². The van der Waals surface area contributed by atoms with Gasteiger partial charge in [0, 0.05) is 12.0 Å². The molecule has 17 heavy (non-hydrogen) atoms. The Hall–Kier alpha value is -1.33. The second-order valence-corrected chi connectivity index (χ2v) is 5.08. The van der Waals surface area contributed by atoms with E-state index in [0.29, 0.717) is 6.04 Å². The molecule has 2 heterocycles. The number of allylic oxidation sites excluding steroid dienone is 1. The largest absolute Gasteiger partial charge is 0.370 e. The number of morpholine rings is 1. The van der Waals surface area contributed by atoms with E-state index in [9.17, 15) is 0 Å². The second kappa shape index (κ2) is 4.16. The highest BCUT2D eigenvalue weighted by Gasteiger charge is 2.34. The van der Waals surface area contributed by atoms with Gasteiger partial charge < -0.3 is 9.22 Å². The molecule has 0 radical (unpaired) electrons. The zero-order chi connectivity index (χ0) is 11.7. The van der Waals surface area contributed by atoms with Crippen molar-refractivity contribution in [1.82, 2.24) is 11.0 Å². The summed E-state index contributed by atoms with van der Waals surface area (Å²) in [5.41, 5.74) is 8.26. The first-order valence-electron chi connectivity index (χ1n) is 6.16. The van der Waals surface area contributed by atoms with E-state index in [0.717, 1.165) is 42.9 Å². The maximum atomic E-state index is 5.46. The summed E-state index contributed by atoms with van der Waals surface area (Å²) in [7, 11) is 2.33. The summed E-state index contributed by atoms with van der Waals surface area (Å²) in [6.45, 7) is 3.94. The van der Waals surface area contributed by atoms with E-state index in [1.165, 1.54) is 5.57 Å². The zero-order valence-electron chi connectivity index (χ0n) is 10.1. The van der Waals surface area contributed by atoms with Gasteiger partial charge in [-0.1, -0.05) is 6.08 Å². The zero-order valence-corrected chi connectivity index (χ0v) is 10.1. The number of fused-ring (bicyclic) bond motifs is 1. The minimum atomic E-state index is 0.540. The van der Waals surface area contributed by atoms with Crippen molar-refractivity contribution in [2.24, 2.45) is 5.10 Å². The minimum Gasteiger partial charge on any atom is -0.370 e. The summed E-state index contributed by atoms with van der Waals surface area (Å²) in [5, 5.41) is 4.00. The number of ether oxygens (including phenoxy) is 1. The second-order valence-electron chi connectivity index (χ2n) is 5.08. The molecule has 5 nitrogen and oxygen atoms in total.